The zero-order valence-corrected chi connectivity index (χ0v) is 9.34. The molecule has 0 aromatic rings. The van der Waals surface area contributed by atoms with E-state index in [1.807, 2.05) is 19.1 Å². The summed E-state index contributed by atoms with van der Waals surface area (Å²) in [6.45, 7) is 2.66. The zero-order chi connectivity index (χ0) is 11.7. The van der Waals surface area contributed by atoms with Gasteiger partial charge in [-0.1, -0.05) is 6.92 Å². The van der Waals surface area contributed by atoms with Gasteiger partial charge < -0.3 is 9.47 Å². The number of nitriles is 1. The maximum absolute atomic E-state index is 11.5. The van der Waals surface area contributed by atoms with E-state index in [1.54, 1.807) is 4.90 Å². The largest absolute Gasteiger partial charge is 0.460 e. The first-order valence-electron chi connectivity index (χ1n) is 5.30. The predicted octanol–water partition coefficient (Wildman–Crippen LogP) is 1.47. The van der Waals surface area contributed by atoms with Gasteiger partial charge in [0.25, 0.3) is 0 Å². The minimum absolute atomic E-state index is 0.253. The van der Waals surface area contributed by atoms with Crippen molar-refractivity contribution in [2.45, 2.75) is 19.6 Å². The van der Waals surface area contributed by atoms with Crippen LogP contribution in [0, 0.1) is 23.2 Å². The number of hydrogen-bond acceptors (Lipinski definition) is 4. The van der Waals surface area contributed by atoms with Gasteiger partial charge in [-0.15, -0.1) is 0 Å². The number of ether oxygens (including phenoxy) is 2. The normalized spacial score (nSPS) is 32.2. The van der Waals surface area contributed by atoms with Crippen LogP contribution < -0.4 is 0 Å². The molecule has 0 aromatic carbocycles. The molecule has 0 N–H and O–H groups in total. The molecule has 1 fully saturated rings. The van der Waals surface area contributed by atoms with Gasteiger partial charge in [0.05, 0.1) is 7.11 Å². The van der Waals surface area contributed by atoms with Crippen molar-refractivity contribution in [2.24, 2.45) is 11.8 Å². The summed E-state index contributed by atoms with van der Waals surface area (Å²) >= 11 is 0. The lowest BCUT2D eigenvalue weighted by Gasteiger charge is -2.32. The number of carbonyl (C=O) groups excluding carboxylic acids is 1. The van der Waals surface area contributed by atoms with E-state index in [-0.39, 0.29) is 24.2 Å². The van der Waals surface area contributed by atoms with Crippen molar-refractivity contribution in [3.63, 3.8) is 0 Å². The van der Waals surface area contributed by atoms with Crippen LogP contribution in [0.15, 0.2) is 11.8 Å². The standard InChI is InChI=1S/C11H14N2O3/c1-7-5-8(6-12)16-10-9(7)3-4-13(10)11(14)15-2/h5,7,9-10H,3-4H2,1-2H3. The van der Waals surface area contributed by atoms with Gasteiger partial charge in [-0.25, -0.2) is 4.79 Å². The molecule has 5 nitrogen and oxygen atoms in total. The third kappa shape index (κ3) is 1.60. The molecule has 0 saturated carbocycles. The SMILES string of the molecule is COC(=O)N1CCC2C(C)C=C(C#N)OC21. The molecule has 86 valence electrons. The van der Waals surface area contributed by atoms with Gasteiger partial charge in [0, 0.05) is 12.5 Å². The average molecular weight is 222 g/mol. The summed E-state index contributed by atoms with van der Waals surface area (Å²) in [5.41, 5.74) is 0. The summed E-state index contributed by atoms with van der Waals surface area (Å²) in [6.07, 6.45) is 1.97. The number of hydrogen-bond donors (Lipinski definition) is 0. The second-order valence-electron chi connectivity index (χ2n) is 4.13. The molecular weight excluding hydrogens is 208 g/mol. The molecule has 0 radical (unpaired) electrons. The van der Waals surface area contributed by atoms with E-state index in [2.05, 4.69) is 0 Å². The molecule has 16 heavy (non-hydrogen) atoms. The van der Waals surface area contributed by atoms with Crippen LogP contribution in [0.4, 0.5) is 4.79 Å². The topological polar surface area (TPSA) is 62.6 Å². The number of nitrogens with zero attached hydrogens (tertiary/aromatic N) is 2. The highest BCUT2D eigenvalue weighted by molar-refractivity contribution is 5.68. The number of amides is 1. The molecule has 0 bridgehead atoms. The molecule has 2 aliphatic heterocycles. The number of rotatable bonds is 0. The highest BCUT2D eigenvalue weighted by Gasteiger charge is 2.44. The van der Waals surface area contributed by atoms with Gasteiger partial charge in [-0.2, -0.15) is 5.26 Å². The monoisotopic (exact) mass is 222 g/mol. The van der Waals surface area contributed by atoms with E-state index in [4.69, 9.17) is 14.7 Å². The number of carbonyl (C=O) groups is 1. The van der Waals surface area contributed by atoms with Crippen molar-refractivity contribution < 1.29 is 14.3 Å². The molecule has 2 heterocycles. The summed E-state index contributed by atoms with van der Waals surface area (Å²) in [5.74, 6) is 0.809. The van der Waals surface area contributed by atoms with Crippen LogP contribution >= 0.6 is 0 Å². The molecule has 5 heteroatoms. The van der Waals surface area contributed by atoms with Crippen molar-refractivity contribution in [3.8, 4) is 6.07 Å². The summed E-state index contributed by atoms with van der Waals surface area (Å²) < 4.78 is 10.2. The Morgan fingerprint density at radius 3 is 3.12 bits per heavy atom. The van der Waals surface area contributed by atoms with Crippen LogP contribution in [0.5, 0.6) is 0 Å². The van der Waals surface area contributed by atoms with Crippen LogP contribution in [-0.2, 0) is 9.47 Å². The molecular formula is C11H14N2O3. The van der Waals surface area contributed by atoms with Gasteiger partial charge in [-0.05, 0) is 18.4 Å². The summed E-state index contributed by atoms with van der Waals surface area (Å²) in [7, 11) is 1.35. The molecule has 0 aromatic heterocycles. The fourth-order valence-corrected chi connectivity index (χ4v) is 2.37. The Bertz CT molecular complexity index is 372. The van der Waals surface area contributed by atoms with Crippen molar-refractivity contribution in [3.05, 3.63) is 11.8 Å². The van der Waals surface area contributed by atoms with Crippen molar-refractivity contribution in [1.82, 2.24) is 4.90 Å². The molecule has 1 saturated heterocycles. The van der Waals surface area contributed by atoms with Gasteiger partial charge in [-0.3, -0.25) is 4.90 Å². The molecule has 0 spiro atoms. The maximum Gasteiger partial charge on any atom is 0.412 e. The number of likely N-dealkylation sites (tertiary alicyclic amines) is 1. The fraction of sp³-hybridized carbons (Fsp3) is 0.636. The van der Waals surface area contributed by atoms with Crippen molar-refractivity contribution in [1.29, 1.82) is 5.26 Å². The molecule has 2 rings (SSSR count). The second-order valence-corrected chi connectivity index (χ2v) is 4.13. The number of allylic oxidation sites excluding steroid dienone is 2. The fourth-order valence-electron chi connectivity index (χ4n) is 2.37. The quantitative estimate of drug-likeness (QED) is 0.622. The highest BCUT2D eigenvalue weighted by atomic mass is 16.6. The summed E-state index contributed by atoms with van der Waals surface area (Å²) in [6, 6.07) is 1.98. The van der Waals surface area contributed by atoms with E-state index in [0.29, 0.717) is 12.3 Å². The van der Waals surface area contributed by atoms with E-state index in [1.165, 1.54) is 7.11 Å². The van der Waals surface area contributed by atoms with Gasteiger partial charge in [0.2, 0.25) is 0 Å². The zero-order valence-electron chi connectivity index (χ0n) is 9.34. The third-order valence-corrected chi connectivity index (χ3v) is 3.23. The van der Waals surface area contributed by atoms with Gasteiger partial charge in [0.15, 0.2) is 12.0 Å². The van der Waals surface area contributed by atoms with Crippen LogP contribution in [0.2, 0.25) is 0 Å². The average Bonchev–Trinajstić information content (AvgIpc) is 2.72. The van der Waals surface area contributed by atoms with E-state index >= 15 is 0 Å². The van der Waals surface area contributed by atoms with Gasteiger partial charge in [0.1, 0.15) is 6.07 Å². The number of methoxy groups -OCH3 is 1. The Labute approximate surface area is 94.2 Å². The Balaban J connectivity index is 2.20. The van der Waals surface area contributed by atoms with E-state index in [0.717, 1.165) is 6.42 Å². The minimum atomic E-state index is -0.390. The summed E-state index contributed by atoms with van der Waals surface area (Å²) in [5, 5.41) is 8.83. The highest BCUT2D eigenvalue weighted by Crippen LogP contribution is 2.37. The first-order chi connectivity index (χ1) is 7.67. The number of fused-ring (bicyclic) bond motifs is 1. The van der Waals surface area contributed by atoms with Crippen molar-refractivity contribution in [2.75, 3.05) is 13.7 Å². The van der Waals surface area contributed by atoms with Crippen LogP contribution in [0.3, 0.4) is 0 Å². The Hall–Kier alpha value is -1.70. The second kappa shape index (κ2) is 4.05. The molecule has 3 unspecified atom stereocenters. The molecule has 3 atom stereocenters. The van der Waals surface area contributed by atoms with Crippen molar-refractivity contribution >= 4 is 6.09 Å². The smallest absolute Gasteiger partial charge is 0.412 e. The summed E-state index contributed by atoms with van der Waals surface area (Å²) in [4.78, 5) is 13.0. The predicted molar refractivity (Wildman–Crippen MR) is 55.0 cm³/mol. The lowest BCUT2D eigenvalue weighted by Crippen LogP contribution is -2.42. The minimum Gasteiger partial charge on any atom is -0.460 e. The molecule has 0 aliphatic carbocycles. The first kappa shape index (κ1) is 10.8. The Morgan fingerprint density at radius 1 is 1.75 bits per heavy atom. The van der Waals surface area contributed by atoms with Crippen LogP contribution in [-0.4, -0.2) is 30.9 Å². The lowest BCUT2D eigenvalue weighted by molar-refractivity contribution is -0.0301. The first-order valence-corrected chi connectivity index (χ1v) is 5.30. The van der Waals surface area contributed by atoms with Crippen LogP contribution in [0.1, 0.15) is 13.3 Å². The maximum atomic E-state index is 11.5. The Kier molecular flexibility index (Phi) is 2.73. The Morgan fingerprint density at radius 2 is 2.50 bits per heavy atom. The van der Waals surface area contributed by atoms with E-state index in [9.17, 15) is 4.79 Å². The molecule has 2 aliphatic rings. The van der Waals surface area contributed by atoms with Gasteiger partial charge >= 0.3 is 6.09 Å². The molecule has 1 amide bonds. The van der Waals surface area contributed by atoms with Crippen LogP contribution in [0.25, 0.3) is 0 Å². The third-order valence-electron chi connectivity index (χ3n) is 3.23. The lowest BCUT2D eigenvalue weighted by atomic mass is 9.89. The van der Waals surface area contributed by atoms with E-state index < -0.39 is 0 Å².